The highest BCUT2D eigenvalue weighted by Crippen LogP contribution is 2.35. The van der Waals surface area contributed by atoms with Crippen molar-refractivity contribution in [2.75, 3.05) is 0 Å². The fraction of sp³-hybridized carbons (Fsp3) is 0.118. The molecule has 0 bridgehead atoms. The maximum absolute atomic E-state index is 13.4. The topological polar surface area (TPSA) is 74.8 Å². The van der Waals surface area contributed by atoms with Gasteiger partial charge in [-0.05, 0) is 59.4 Å². The molecule has 0 aromatic heterocycles. The molecule has 1 unspecified atom stereocenters. The van der Waals surface area contributed by atoms with Crippen LogP contribution in [-0.2, 0) is 13.0 Å². The molecule has 196 valence electrons. The molecule has 4 aromatic carbocycles. The van der Waals surface area contributed by atoms with E-state index in [2.05, 4.69) is 6.58 Å². The van der Waals surface area contributed by atoms with E-state index in [0.717, 1.165) is 22.3 Å². The van der Waals surface area contributed by atoms with Gasteiger partial charge in [0.05, 0.1) is 34.8 Å². The number of fused-ring (bicyclic) bond motifs is 2. The highest BCUT2D eigenvalue weighted by Gasteiger charge is 2.40. The Morgan fingerprint density at radius 3 is 1.57 bits per heavy atom. The van der Waals surface area contributed by atoms with Crippen LogP contribution in [0.1, 0.15) is 76.1 Å². The quantitative estimate of drug-likeness (QED) is 0.260. The van der Waals surface area contributed by atoms with Crippen molar-refractivity contribution >= 4 is 29.7 Å². The zero-order chi connectivity index (χ0) is 27.8. The van der Waals surface area contributed by atoms with Crippen molar-refractivity contribution in [1.82, 2.24) is 9.80 Å². The monoisotopic (exact) mass is 526 g/mol. The molecular weight excluding hydrogens is 500 g/mol. The van der Waals surface area contributed by atoms with Gasteiger partial charge in [-0.3, -0.25) is 29.0 Å². The van der Waals surface area contributed by atoms with Crippen LogP contribution in [0.15, 0.2) is 104 Å². The molecule has 2 aliphatic heterocycles. The van der Waals surface area contributed by atoms with E-state index in [1.54, 1.807) is 54.6 Å². The zero-order valence-corrected chi connectivity index (χ0v) is 21.7. The molecule has 2 aliphatic rings. The molecule has 0 fully saturated rings. The maximum atomic E-state index is 13.4. The van der Waals surface area contributed by atoms with E-state index in [-0.39, 0.29) is 30.2 Å². The molecule has 0 aliphatic carbocycles. The molecule has 6 nitrogen and oxygen atoms in total. The Balaban J connectivity index is 1.27. The lowest BCUT2D eigenvalue weighted by Crippen LogP contribution is -2.34. The molecular formula is C34H26N2O4. The average Bonchev–Trinajstić information content (AvgIpc) is 3.39. The van der Waals surface area contributed by atoms with Crippen LogP contribution >= 0.6 is 0 Å². The Morgan fingerprint density at radius 2 is 1.07 bits per heavy atom. The number of carbonyl (C=O) groups is 4. The van der Waals surface area contributed by atoms with Gasteiger partial charge in [0.1, 0.15) is 0 Å². The smallest absolute Gasteiger partial charge is 0.262 e. The molecule has 0 radical (unpaired) electrons. The molecule has 40 heavy (non-hydrogen) atoms. The second-order valence-corrected chi connectivity index (χ2v) is 10.0. The largest absolute Gasteiger partial charge is 0.270 e. The van der Waals surface area contributed by atoms with Crippen molar-refractivity contribution < 1.29 is 19.2 Å². The van der Waals surface area contributed by atoms with Crippen molar-refractivity contribution in [2.45, 2.75) is 25.4 Å². The van der Waals surface area contributed by atoms with Gasteiger partial charge in [0.15, 0.2) is 0 Å². The third kappa shape index (κ3) is 4.33. The summed E-state index contributed by atoms with van der Waals surface area (Å²) in [4.78, 5) is 55.1. The lowest BCUT2D eigenvalue weighted by molar-refractivity contribution is 0.0570. The van der Waals surface area contributed by atoms with Crippen molar-refractivity contribution in [3.63, 3.8) is 0 Å². The number of amides is 4. The number of carbonyl (C=O) groups excluding carboxylic acids is 4. The minimum Gasteiger partial charge on any atom is -0.270 e. The number of hydrogen-bond acceptors (Lipinski definition) is 4. The SMILES string of the molecule is C=Cc1ccc(CCC(c2ccc(CN3C(=O)c4ccccc4C3=O)cc2)N2C(=O)c3ccccc3C2=O)cc1. The van der Waals surface area contributed by atoms with E-state index < -0.39 is 6.04 Å². The Kier molecular flexibility index (Phi) is 6.44. The first-order valence-corrected chi connectivity index (χ1v) is 13.2. The minimum atomic E-state index is -0.486. The third-order valence-corrected chi connectivity index (χ3v) is 7.64. The number of aryl methyl sites for hydroxylation is 1. The predicted molar refractivity (Wildman–Crippen MR) is 152 cm³/mol. The van der Waals surface area contributed by atoms with Crippen LogP contribution in [0.25, 0.3) is 6.08 Å². The van der Waals surface area contributed by atoms with E-state index in [9.17, 15) is 19.2 Å². The third-order valence-electron chi connectivity index (χ3n) is 7.64. The van der Waals surface area contributed by atoms with Crippen LogP contribution in [-0.4, -0.2) is 33.4 Å². The number of nitrogens with zero attached hydrogens (tertiary/aromatic N) is 2. The summed E-state index contributed by atoms with van der Waals surface area (Å²) in [5.41, 5.74) is 5.35. The van der Waals surface area contributed by atoms with E-state index in [1.165, 1.54) is 9.80 Å². The van der Waals surface area contributed by atoms with Crippen molar-refractivity contribution in [2.24, 2.45) is 0 Å². The van der Waals surface area contributed by atoms with E-state index >= 15 is 0 Å². The van der Waals surface area contributed by atoms with Gasteiger partial charge >= 0.3 is 0 Å². The molecule has 0 saturated carbocycles. The average molecular weight is 527 g/mol. The molecule has 6 heteroatoms. The number of rotatable bonds is 8. The number of imide groups is 2. The lowest BCUT2D eigenvalue weighted by atomic mass is 9.96. The van der Waals surface area contributed by atoms with Crippen LogP contribution in [0.4, 0.5) is 0 Å². The summed E-state index contributed by atoms with van der Waals surface area (Å²) in [6, 6.07) is 28.7. The molecule has 4 aromatic rings. The molecule has 1 atom stereocenters. The van der Waals surface area contributed by atoms with E-state index in [4.69, 9.17) is 0 Å². The molecule has 4 amide bonds. The Labute approximate surface area is 232 Å². The van der Waals surface area contributed by atoms with E-state index in [0.29, 0.717) is 35.1 Å². The highest BCUT2D eigenvalue weighted by atomic mass is 16.2. The van der Waals surface area contributed by atoms with Crippen molar-refractivity contribution in [3.8, 4) is 0 Å². The summed E-state index contributed by atoms with van der Waals surface area (Å²) in [5.74, 6) is -1.22. The van der Waals surface area contributed by atoms with Crippen LogP contribution in [0.3, 0.4) is 0 Å². The van der Waals surface area contributed by atoms with Gasteiger partial charge in [0, 0.05) is 0 Å². The molecule has 0 spiro atoms. The summed E-state index contributed by atoms with van der Waals surface area (Å²) in [6.45, 7) is 3.94. The van der Waals surface area contributed by atoms with Crippen molar-refractivity contribution in [1.29, 1.82) is 0 Å². The zero-order valence-electron chi connectivity index (χ0n) is 21.7. The Hall–Kier alpha value is -5.10. The summed E-state index contributed by atoms with van der Waals surface area (Å²) in [5, 5.41) is 0. The summed E-state index contributed by atoms with van der Waals surface area (Å²) >= 11 is 0. The lowest BCUT2D eigenvalue weighted by Gasteiger charge is -2.27. The maximum Gasteiger partial charge on any atom is 0.262 e. The summed E-state index contributed by atoms with van der Waals surface area (Å²) in [6.07, 6.45) is 2.98. The first-order valence-electron chi connectivity index (χ1n) is 13.2. The molecule has 0 saturated heterocycles. The second-order valence-electron chi connectivity index (χ2n) is 10.0. The minimum absolute atomic E-state index is 0.139. The number of hydrogen-bond donors (Lipinski definition) is 0. The molecule has 0 N–H and O–H groups in total. The first-order chi connectivity index (χ1) is 19.5. The van der Waals surface area contributed by atoms with Crippen molar-refractivity contribution in [3.05, 3.63) is 148 Å². The fourth-order valence-corrected chi connectivity index (χ4v) is 5.47. The van der Waals surface area contributed by atoms with Gasteiger partial charge in [-0.25, -0.2) is 0 Å². The molecule has 6 rings (SSSR count). The van der Waals surface area contributed by atoms with Crippen LogP contribution in [0, 0.1) is 0 Å². The van der Waals surface area contributed by atoms with Gasteiger partial charge in [0.25, 0.3) is 23.6 Å². The van der Waals surface area contributed by atoms with Gasteiger partial charge in [-0.1, -0.05) is 85.5 Å². The van der Waals surface area contributed by atoms with Gasteiger partial charge < -0.3 is 0 Å². The van der Waals surface area contributed by atoms with Gasteiger partial charge in [0.2, 0.25) is 0 Å². The van der Waals surface area contributed by atoms with Crippen LogP contribution in [0.2, 0.25) is 0 Å². The standard InChI is InChI=1S/C34H26N2O4/c1-2-22-11-13-23(14-12-22)17-20-30(36-33(39)28-9-5-6-10-29(28)34(36)40)25-18-15-24(16-19-25)21-35-31(37)26-7-3-4-8-27(26)32(35)38/h2-16,18-19,30H,1,17,20-21H2. The van der Waals surface area contributed by atoms with Gasteiger partial charge in [-0.2, -0.15) is 0 Å². The summed E-state index contributed by atoms with van der Waals surface area (Å²) < 4.78 is 0. The second kappa shape index (κ2) is 10.2. The van der Waals surface area contributed by atoms with Gasteiger partial charge in [-0.15, -0.1) is 0 Å². The Bertz CT molecular complexity index is 1600. The highest BCUT2D eigenvalue weighted by molar-refractivity contribution is 6.22. The van der Waals surface area contributed by atoms with Crippen LogP contribution < -0.4 is 0 Å². The van der Waals surface area contributed by atoms with Crippen LogP contribution in [0.5, 0.6) is 0 Å². The first kappa shape index (κ1) is 25.2. The predicted octanol–water partition coefficient (Wildman–Crippen LogP) is 6.10. The normalized spacial score (nSPS) is 14.9. The fourth-order valence-electron chi connectivity index (χ4n) is 5.47. The Morgan fingerprint density at radius 1 is 0.600 bits per heavy atom. The van der Waals surface area contributed by atoms with E-state index in [1.807, 2.05) is 48.5 Å². The number of benzene rings is 4. The molecule has 2 heterocycles. The summed E-state index contributed by atoms with van der Waals surface area (Å²) in [7, 11) is 0.